The van der Waals surface area contributed by atoms with Gasteiger partial charge in [0.2, 0.25) is 5.91 Å². The first kappa shape index (κ1) is 23.0. The van der Waals surface area contributed by atoms with Crippen LogP contribution in [0.25, 0.3) is 5.69 Å². The summed E-state index contributed by atoms with van der Waals surface area (Å²) in [6.45, 7) is 2.07. The van der Waals surface area contributed by atoms with Crippen molar-refractivity contribution >= 4 is 23.5 Å². The molecular weight excluding hydrogens is 460 g/mol. The summed E-state index contributed by atoms with van der Waals surface area (Å²) >= 11 is 0. The molecule has 1 aromatic carbocycles. The van der Waals surface area contributed by atoms with Gasteiger partial charge < -0.3 is 15.4 Å². The van der Waals surface area contributed by atoms with Crippen LogP contribution < -0.4 is 20.9 Å². The number of hydrogen-bond donors (Lipinski definition) is 2. The van der Waals surface area contributed by atoms with Crippen LogP contribution in [0, 0.1) is 0 Å². The number of hydrogen-bond acceptors (Lipinski definition) is 6. The molecule has 0 bridgehead atoms. The van der Waals surface area contributed by atoms with Crippen LogP contribution in [-0.4, -0.2) is 31.1 Å². The Morgan fingerprint density at radius 2 is 1.78 bits per heavy atom. The maximum Gasteiger partial charge on any atom is 0.284 e. The van der Waals surface area contributed by atoms with Gasteiger partial charge in [-0.1, -0.05) is 18.2 Å². The lowest BCUT2D eigenvalue weighted by molar-refractivity contribution is -0.114. The third-order valence-electron chi connectivity index (χ3n) is 5.76. The van der Waals surface area contributed by atoms with Crippen LogP contribution in [0.4, 0.5) is 11.6 Å². The highest BCUT2D eigenvalue weighted by Gasteiger charge is 2.27. The minimum absolute atomic E-state index is 0.142. The number of carbonyl (C=O) groups excluding carboxylic acids is 2. The molecule has 3 aromatic heterocycles. The van der Waals surface area contributed by atoms with E-state index in [-0.39, 0.29) is 17.0 Å². The zero-order valence-electron chi connectivity index (χ0n) is 19.6. The molecule has 2 N–H and O–H groups in total. The second-order valence-corrected chi connectivity index (χ2v) is 8.35. The Bertz CT molecular complexity index is 1470. The van der Waals surface area contributed by atoms with Crippen molar-refractivity contribution in [3.63, 3.8) is 0 Å². The topological polar surface area (TPSA) is 120 Å². The molecule has 10 heteroatoms. The van der Waals surface area contributed by atoms with Gasteiger partial charge in [0.1, 0.15) is 28.7 Å². The van der Waals surface area contributed by atoms with Crippen LogP contribution >= 0.6 is 0 Å². The van der Waals surface area contributed by atoms with Crippen LogP contribution in [0.1, 0.15) is 35.8 Å². The van der Waals surface area contributed by atoms with E-state index in [1.54, 1.807) is 28.9 Å². The molecule has 5 rings (SSSR count). The molecule has 0 fully saturated rings. The number of nitrogens with zero attached hydrogens (tertiary/aromatic N) is 4. The van der Waals surface area contributed by atoms with E-state index in [0.717, 1.165) is 24.2 Å². The Labute approximate surface area is 206 Å². The van der Waals surface area contributed by atoms with E-state index in [1.165, 1.54) is 19.3 Å². The van der Waals surface area contributed by atoms with Gasteiger partial charge in [-0.2, -0.15) is 0 Å². The molecule has 2 amide bonds. The van der Waals surface area contributed by atoms with Crippen molar-refractivity contribution in [2.24, 2.45) is 0 Å². The molecule has 0 saturated carbocycles. The molecule has 0 spiro atoms. The van der Waals surface area contributed by atoms with Crippen LogP contribution in [0.5, 0.6) is 11.5 Å². The highest BCUT2D eigenvalue weighted by Crippen LogP contribution is 2.24. The van der Waals surface area contributed by atoms with Gasteiger partial charge in [-0.05, 0) is 49.6 Å². The number of para-hydroxylation sites is 1. The van der Waals surface area contributed by atoms with E-state index in [0.29, 0.717) is 36.1 Å². The predicted octanol–water partition coefficient (Wildman–Crippen LogP) is 3.77. The van der Waals surface area contributed by atoms with Gasteiger partial charge in [-0.15, -0.1) is 0 Å². The lowest BCUT2D eigenvalue weighted by atomic mass is 10.1. The third kappa shape index (κ3) is 4.74. The average molecular weight is 485 g/mol. The Balaban J connectivity index is 1.35. The van der Waals surface area contributed by atoms with Gasteiger partial charge in [0.15, 0.2) is 0 Å². The first-order chi connectivity index (χ1) is 17.5. The van der Waals surface area contributed by atoms with Gasteiger partial charge in [0, 0.05) is 25.7 Å². The highest BCUT2D eigenvalue weighted by atomic mass is 16.5. The molecule has 0 unspecified atom stereocenters. The summed E-state index contributed by atoms with van der Waals surface area (Å²) in [6.07, 6.45) is 5.50. The van der Waals surface area contributed by atoms with Crippen molar-refractivity contribution < 1.29 is 14.3 Å². The zero-order chi connectivity index (χ0) is 25.1. The fraction of sp³-hybridized carbons (Fsp3) is 0.192. The average Bonchev–Trinajstić information content (AvgIpc) is 3.17. The Morgan fingerprint density at radius 1 is 0.944 bits per heavy atom. The first-order valence-corrected chi connectivity index (χ1v) is 11.6. The van der Waals surface area contributed by atoms with Crippen molar-refractivity contribution in [3.8, 4) is 17.2 Å². The largest absolute Gasteiger partial charge is 0.456 e. The molecule has 4 aromatic rings. The number of fused-ring (bicyclic) bond motifs is 1. The van der Waals surface area contributed by atoms with E-state index in [4.69, 9.17) is 4.74 Å². The van der Waals surface area contributed by atoms with E-state index in [1.807, 2.05) is 35.0 Å². The SMILES string of the molecule is CC(=O)Nc1cc(Oc2ccc(NC(=O)c3c4n(n(-c5ccccc5)c3=O)CCCC4)nc2)ccn1. The standard InChI is InChI=1S/C26H24N6O4/c1-17(33)29-23-15-19(12-13-27-23)36-20-10-11-22(28-16-20)30-25(34)24-21-9-5-6-14-31(21)32(26(24)35)18-7-3-2-4-8-18/h2-4,7-8,10-13,15-16H,5-6,9,14H2,1H3,(H,27,29,33)(H,28,30,34). The molecule has 10 nitrogen and oxygen atoms in total. The van der Waals surface area contributed by atoms with Gasteiger partial charge in [0.25, 0.3) is 11.5 Å². The Hall–Kier alpha value is -4.73. The van der Waals surface area contributed by atoms with E-state index >= 15 is 0 Å². The van der Waals surface area contributed by atoms with E-state index in [2.05, 4.69) is 20.6 Å². The van der Waals surface area contributed by atoms with Crippen molar-refractivity contribution in [1.82, 2.24) is 19.3 Å². The number of amides is 2. The van der Waals surface area contributed by atoms with E-state index < -0.39 is 5.91 Å². The Kier molecular flexibility index (Phi) is 6.31. The van der Waals surface area contributed by atoms with Gasteiger partial charge in [-0.3, -0.25) is 19.1 Å². The van der Waals surface area contributed by atoms with Gasteiger partial charge >= 0.3 is 0 Å². The monoisotopic (exact) mass is 484 g/mol. The molecule has 1 aliphatic heterocycles. The molecule has 1 aliphatic rings. The summed E-state index contributed by atoms with van der Waals surface area (Å²) in [7, 11) is 0. The second-order valence-electron chi connectivity index (χ2n) is 8.35. The summed E-state index contributed by atoms with van der Waals surface area (Å²) in [5, 5.41) is 5.34. The van der Waals surface area contributed by atoms with Crippen molar-refractivity contribution in [2.75, 3.05) is 10.6 Å². The second kappa shape index (κ2) is 9.87. The molecule has 36 heavy (non-hydrogen) atoms. The maximum atomic E-state index is 13.3. The number of pyridine rings is 2. The number of carbonyl (C=O) groups is 2. The minimum atomic E-state index is -0.490. The highest BCUT2D eigenvalue weighted by molar-refractivity contribution is 6.04. The van der Waals surface area contributed by atoms with Crippen molar-refractivity contribution in [2.45, 2.75) is 32.7 Å². The lowest BCUT2D eigenvalue weighted by Gasteiger charge is -2.19. The van der Waals surface area contributed by atoms with Gasteiger partial charge in [0.05, 0.1) is 17.6 Å². The number of benzene rings is 1. The number of nitrogens with one attached hydrogen (secondary N) is 2. The van der Waals surface area contributed by atoms with E-state index in [9.17, 15) is 14.4 Å². The fourth-order valence-electron chi connectivity index (χ4n) is 4.24. The minimum Gasteiger partial charge on any atom is -0.456 e. The maximum absolute atomic E-state index is 13.3. The molecule has 182 valence electrons. The molecular formula is C26H24N6O4. The quantitative estimate of drug-likeness (QED) is 0.430. The molecule has 4 heterocycles. The predicted molar refractivity (Wildman–Crippen MR) is 134 cm³/mol. The van der Waals surface area contributed by atoms with Crippen LogP contribution in [0.15, 0.2) is 71.8 Å². The number of anilines is 2. The number of aromatic nitrogens is 4. The summed E-state index contributed by atoms with van der Waals surface area (Å²) in [6, 6.07) is 15.8. The number of rotatable bonds is 6. The summed E-state index contributed by atoms with van der Waals surface area (Å²) in [5.74, 6) is 0.836. The first-order valence-electron chi connectivity index (χ1n) is 11.6. The molecule has 0 saturated heterocycles. The molecule has 0 atom stereocenters. The zero-order valence-corrected chi connectivity index (χ0v) is 19.6. The van der Waals surface area contributed by atoms with Crippen LogP contribution in [0.2, 0.25) is 0 Å². The molecule has 0 aliphatic carbocycles. The summed E-state index contributed by atoms with van der Waals surface area (Å²) < 4.78 is 9.26. The summed E-state index contributed by atoms with van der Waals surface area (Å²) in [5.41, 5.74) is 1.26. The summed E-state index contributed by atoms with van der Waals surface area (Å²) in [4.78, 5) is 46.1. The van der Waals surface area contributed by atoms with Crippen LogP contribution in [0.3, 0.4) is 0 Å². The lowest BCUT2D eigenvalue weighted by Crippen LogP contribution is -2.26. The fourth-order valence-corrected chi connectivity index (χ4v) is 4.24. The van der Waals surface area contributed by atoms with Crippen LogP contribution in [-0.2, 0) is 17.8 Å². The molecule has 0 radical (unpaired) electrons. The smallest absolute Gasteiger partial charge is 0.284 e. The van der Waals surface area contributed by atoms with Crippen molar-refractivity contribution in [3.05, 3.63) is 88.6 Å². The van der Waals surface area contributed by atoms with Crippen molar-refractivity contribution in [1.29, 1.82) is 0 Å². The third-order valence-corrected chi connectivity index (χ3v) is 5.76. The van der Waals surface area contributed by atoms with Gasteiger partial charge in [-0.25, -0.2) is 14.6 Å². The Morgan fingerprint density at radius 3 is 2.53 bits per heavy atom. The normalized spacial score (nSPS) is 12.5. The number of ether oxygens (including phenoxy) is 1.